The normalized spacial score (nSPS) is 20.5. The van der Waals surface area contributed by atoms with Gasteiger partial charge in [-0.15, -0.1) is 0 Å². The average molecular weight is 387 g/mol. The molecule has 1 fully saturated rings. The maximum atomic E-state index is 13.4. The van der Waals surface area contributed by atoms with Gasteiger partial charge < -0.3 is 0 Å². The van der Waals surface area contributed by atoms with E-state index in [-0.39, 0.29) is 11.2 Å². The number of carbonyl (C=O) groups excluding carboxylic acids is 1. The number of aryl methyl sites for hydroxylation is 4. The minimum Gasteiger partial charge on any atom is -0.289 e. The minimum absolute atomic E-state index is 0.156. The highest BCUT2D eigenvalue weighted by Gasteiger charge is 2.34. The van der Waals surface area contributed by atoms with Gasteiger partial charge in [-0.3, -0.25) is 4.79 Å². The predicted molar refractivity (Wildman–Crippen MR) is 125 cm³/mol. The van der Waals surface area contributed by atoms with Crippen LogP contribution in [-0.2, 0) is 4.79 Å². The SMILES string of the molecule is Cc1ccc(C=C2CC(C(C)(C)C)CC(=Cc3ccc(C)cc3C)C2=O)c(C)c1. The maximum absolute atomic E-state index is 13.4. The molecule has 0 spiro atoms. The first-order valence-corrected chi connectivity index (χ1v) is 10.6. The van der Waals surface area contributed by atoms with Crippen LogP contribution in [-0.4, -0.2) is 5.78 Å². The van der Waals surface area contributed by atoms with E-state index in [4.69, 9.17) is 0 Å². The number of rotatable bonds is 2. The van der Waals surface area contributed by atoms with Crippen molar-refractivity contribution in [3.05, 3.63) is 80.9 Å². The molecule has 1 aliphatic carbocycles. The molecule has 0 aliphatic heterocycles. The monoisotopic (exact) mass is 386 g/mol. The second kappa shape index (κ2) is 8.14. The zero-order valence-electron chi connectivity index (χ0n) is 19.0. The lowest BCUT2D eigenvalue weighted by atomic mass is 9.68. The smallest absolute Gasteiger partial charge is 0.185 e. The average Bonchev–Trinajstić information content (AvgIpc) is 2.61. The molecule has 0 atom stereocenters. The third-order valence-electron chi connectivity index (χ3n) is 6.25. The quantitative estimate of drug-likeness (QED) is 0.491. The zero-order chi connectivity index (χ0) is 21.3. The summed E-state index contributed by atoms with van der Waals surface area (Å²) in [5.74, 6) is 0.666. The third-order valence-corrected chi connectivity index (χ3v) is 6.25. The van der Waals surface area contributed by atoms with Crippen LogP contribution >= 0.6 is 0 Å². The van der Waals surface area contributed by atoms with Gasteiger partial charge in [-0.25, -0.2) is 0 Å². The lowest BCUT2D eigenvalue weighted by Crippen LogP contribution is -2.29. The van der Waals surface area contributed by atoms with Crippen LogP contribution < -0.4 is 0 Å². The van der Waals surface area contributed by atoms with Crippen molar-refractivity contribution in [2.24, 2.45) is 11.3 Å². The number of benzene rings is 2. The first-order valence-electron chi connectivity index (χ1n) is 10.6. The molecule has 2 aromatic rings. The van der Waals surface area contributed by atoms with Crippen LogP contribution in [0.25, 0.3) is 12.2 Å². The van der Waals surface area contributed by atoms with Crippen LogP contribution in [0.2, 0.25) is 0 Å². The standard InChI is InChI=1S/C28H34O/c1-18-8-10-22(20(3)12-18)14-24-16-26(28(5,6)7)17-25(27(24)29)15-23-11-9-19(2)13-21(23)4/h8-15,26H,16-17H2,1-7H3. The topological polar surface area (TPSA) is 17.1 Å². The van der Waals surface area contributed by atoms with Gasteiger partial charge in [-0.05, 0) is 86.3 Å². The van der Waals surface area contributed by atoms with E-state index in [1.165, 1.54) is 22.3 Å². The number of hydrogen-bond donors (Lipinski definition) is 0. The van der Waals surface area contributed by atoms with E-state index in [0.717, 1.165) is 35.1 Å². The summed E-state index contributed by atoms with van der Waals surface area (Å²) in [6, 6.07) is 12.9. The summed E-state index contributed by atoms with van der Waals surface area (Å²) in [7, 11) is 0. The Hall–Kier alpha value is -2.41. The van der Waals surface area contributed by atoms with Gasteiger partial charge in [0, 0.05) is 11.1 Å². The number of hydrogen-bond acceptors (Lipinski definition) is 1. The Morgan fingerprint density at radius 2 is 1.17 bits per heavy atom. The highest BCUT2D eigenvalue weighted by atomic mass is 16.1. The van der Waals surface area contributed by atoms with Gasteiger partial charge in [-0.1, -0.05) is 68.3 Å². The second-order valence-corrected chi connectivity index (χ2v) is 9.86. The van der Waals surface area contributed by atoms with E-state index in [2.05, 4.69) is 97.0 Å². The molecule has 0 bridgehead atoms. The summed E-state index contributed by atoms with van der Waals surface area (Å²) < 4.78 is 0. The van der Waals surface area contributed by atoms with Crippen molar-refractivity contribution in [2.75, 3.05) is 0 Å². The molecule has 0 heterocycles. The Kier molecular flexibility index (Phi) is 5.98. The van der Waals surface area contributed by atoms with Crippen molar-refractivity contribution in [3.63, 3.8) is 0 Å². The van der Waals surface area contributed by atoms with E-state index in [1.54, 1.807) is 0 Å². The fourth-order valence-corrected chi connectivity index (χ4v) is 4.21. The Morgan fingerprint density at radius 3 is 1.52 bits per heavy atom. The lowest BCUT2D eigenvalue weighted by molar-refractivity contribution is -0.113. The zero-order valence-corrected chi connectivity index (χ0v) is 19.0. The summed E-state index contributed by atoms with van der Waals surface area (Å²) in [5.41, 5.74) is 9.30. The molecule has 1 aliphatic rings. The minimum atomic E-state index is 0.156. The van der Waals surface area contributed by atoms with E-state index in [1.807, 2.05) is 0 Å². The predicted octanol–water partition coefficient (Wildman–Crippen LogP) is 7.41. The molecule has 1 saturated carbocycles. The Bertz CT molecular complexity index is 922. The molecule has 0 N–H and O–H groups in total. The number of carbonyl (C=O) groups is 1. The molecule has 0 unspecified atom stereocenters. The molecular formula is C28H34O. The van der Waals surface area contributed by atoms with Crippen LogP contribution in [0, 0.1) is 39.0 Å². The molecule has 3 rings (SSSR count). The molecule has 0 aromatic heterocycles. The van der Waals surface area contributed by atoms with Crippen LogP contribution in [0.15, 0.2) is 47.5 Å². The van der Waals surface area contributed by atoms with Crippen molar-refractivity contribution in [1.82, 2.24) is 0 Å². The summed E-state index contributed by atoms with van der Waals surface area (Å²) in [5, 5.41) is 0. The van der Waals surface area contributed by atoms with Crippen molar-refractivity contribution in [2.45, 2.75) is 61.3 Å². The summed E-state index contributed by atoms with van der Waals surface area (Å²) in [6.45, 7) is 15.3. The van der Waals surface area contributed by atoms with Gasteiger partial charge in [-0.2, -0.15) is 0 Å². The molecule has 29 heavy (non-hydrogen) atoms. The molecule has 0 amide bonds. The Morgan fingerprint density at radius 1 is 0.759 bits per heavy atom. The fourth-order valence-electron chi connectivity index (χ4n) is 4.21. The van der Waals surface area contributed by atoms with Crippen molar-refractivity contribution < 1.29 is 4.79 Å². The Labute approximate surface area is 176 Å². The molecule has 152 valence electrons. The molecular weight excluding hydrogens is 352 g/mol. The first kappa shape index (κ1) is 21.3. The first-order chi connectivity index (χ1) is 13.5. The van der Waals surface area contributed by atoms with Gasteiger partial charge >= 0.3 is 0 Å². The van der Waals surface area contributed by atoms with Gasteiger partial charge in [0.05, 0.1) is 0 Å². The molecule has 1 nitrogen and oxygen atoms in total. The van der Waals surface area contributed by atoms with E-state index < -0.39 is 0 Å². The lowest BCUT2D eigenvalue weighted by Gasteiger charge is -2.35. The highest BCUT2D eigenvalue weighted by molar-refractivity contribution is 6.14. The number of Topliss-reactive ketones (excluding diaryl/α,β-unsaturated/α-hetero) is 1. The third kappa shape index (κ3) is 4.96. The summed E-state index contributed by atoms with van der Waals surface area (Å²) in [4.78, 5) is 13.4. The van der Waals surface area contributed by atoms with E-state index in [9.17, 15) is 4.79 Å². The second-order valence-electron chi connectivity index (χ2n) is 9.86. The number of allylic oxidation sites excluding steroid dienone is 2. The van der Waals surface area contributed by atoms with Crippen LogP contribution in [0.3, 0.4) is 0 Å². The van der Waals surface area contributed by atoms with Crippen molar-refractivity contribution in [3.8, 4) is 0 Å². The summed E-state index contributed by atoms with van der Waals surface area (Å²) >= 11 is 0. The highest BCUT2D eigenvalue weighted by Crippen LogP contribution is 2.42. The molecule has 0 saturated heterocycles. The van der Waals surface area contributed by atoms with E-state index >= 15 is 0 Å². The molecule has 0 radical (unpaired) electrons. The van der Waals surface area contributed by atoms with Gasteiger partial charge in [0.1, 0.15) is 0 Å². The van der Waals surface area contributed by atoms with Crippen molar-refractivity contribution in [1.29, 1.82) is 0 Å². The molecule has 1 heteroatoms. The van der Waals surface area contributed by atoms with Crippen LogP contribution in [0.5, 0.6) is 0 Å². The summed E-state index contributed by atoms with van der Waals surface area (Å²) in [6.07, 6.45) is 5.95. The van der Waals surface area contributed by atoms with Crippen LogP contribution in [0.4, 0.5) is 0 Å². The van der Waals surface area contributed by atoms with Crippen molar-refractivity contribution >= 4 is 17.9 Å². The Balaban J connectivity index is 2.06. The van der Waals surface area contributed by atoms with E-state index in [0.29, 0.717) is 5.92 Å². The van der Waals surface area contributed by atoms with Gasteiger partial charge in [0.15, 0.2) is 5.78 Å². The largest absolute Gasteiger partial charge is 0.289 e. The maximum Gasteiger partial charge on any atom is 0.185 e. The van der Waals surface area contributed by atoms with Gasteiger partial charge in [0.2, 0.25) is 0 Å². The molecule has 2 aromatic carbocycles. The fraction of sp³-hybridized carbons (Fsp3) is 0.393. The van der Waals surface area contributed by atoms with Crippen LogP contribution in [0.1, 0.15) is 67.0 Å². The van der Waals surface area contributed by atoms with Gasteiger partial charge in [0.25, 0.3) is 0 Å². The number of ketones is 1.